The first-order valence-electron chi connectivity index (χ1n) is 7.17. The van der Waals surface area contributed by atoms with Crippen molar-refractivity contribution < 1.29 is 9.90 Å². The van der Waals surface area contributed by atoms with Crippen LogP contribution >= 0.6 is 0 Å². The third-order valence-corrected chi connectivity index (χ3v) is 5.63. The molecule has 3 saturated carbocycles. The molecule has 0 spiro atoms. The first-order valence-corrected chi connectivity index (χ1v) is 7.17. The lowest BCUT2D eigenvalue weighted by molar-refractivity contribution is -0.164. The third kappa shape index (κ3) is 1.48. The molecule has 1 amide bonds. The van der Waals surface area contributed by atoms with Crippen LogP contribution in [-0.2, 0) is 4.79 Å². The smallest absolute Gasteiger partial charge is 0.226 e. The third-order valence-electron chi connectivity index (χ3n) is 5.63. The number of rotatable bonds is 2. The normalized spacial score (nSPS) is 42.6. The van der Waals surface area contributed by atoms with E-state index in [4.69, 9.17) is 0 Å². The van der Waals surface area contributed by atoms with E-state index in [0.29, 0.717) is 36.8 Å². The molecule has 2 bridgehead atoms. The number of amides is 1. The van der Waals surface area contributed by atoms with E-state index in [-0.39, 0.29) is 0 Å². The van der Waals surface area contributed by atoms with Crippen LogP contribution in [0.1, 0.15) is 38.5 Å². The van der Waals surface area contributed by atoms with Gasteiger partial charge in [-0.15, -0.1) is 0 Å². The van der Waals surface area contributed by atoms with Crippen LogP contribution in [0, 0.1) is 23.7 Å². The molecule has 4 fully saturated rings. The zero-order chi connectivity index (χ0) is 11.6. The highest BCUT2D eigenvalue weighted by Crippen LogP contribution is 2.50. The maximum absolute atomic E-state index is 12.4. The van der Waals surface area contributed by atoms with Crippen molar-refractivity contribution in [2.24, 2.45) is 23.7 Å². The maximum Gasteiger partial charge on any atom is 0.226 e. The number of hydrogen-bond acceptors (Lipinski definition) is 2. The van der Waals surface area contributed by atoms with E-state index in [9.17, 15) is 9.90 Å². The summed E-state index contributed by atoms with van der Waals surface area (Å²) >= 11 is 0. The lowest BCUT2D eigenvalue weighted by atomic mass is 9.83. The molecule has 3 unspecified atom stereocenters. The van der Waals surface area contributed by atoms with Gasteiger partial charge in [0.1, 0.15) is 5.60 Å². The predicted molar refractivity (Wildman–Crippen MR) is 63.2 cm³/mol. The Labute approximate surface area is 102 Å². The summed E-state index contributed by atoms with van der Waals surface area (Å²) in [5.74, 6) is 2.64. The summed E-state index contributed by atoms with van der Waals surface area (Å²) in [5.41, 5.74) is -0.507. The van der Waals surface area contributed by atoms with Crippen LogP contribution in [0.3, 0.4) is 0 Å². The molecule has 3 nitrogen and oxygen atoms in total. The first-order chi connectivity index (χ1) is 8.16. The number of likely N-dealkylation sites (tertiary alicyclic amines) is 1. The second-order valence-corrected chi connectivity index (χ2v) is 6.85. The van der Waals surface area contributed by atoms with Crippen LogP contribution in [0.4, 0.5) is 0 Å². The van der Waals surface area contributed by atoms with Gasteiger partial charge in [-0.25, -0.2) is 0 Å². The second-order valence-electron chi connectivity index (χ2n) is 6.85. The molecule has 3 aliphatic carbocycles. The van der Waals surface area contributed by atoms with Gasteiger partial charge in [-0.2, -0.15) is 0 Å². The van der Waals surface area contributed by atoms with E-state index in [1.807, 2.05) is 4.90 Å². The molecule has 0 aromatic carbocycles. The van der Waals surface area contributed by atoms with Gasteiger partial charge in [0.25, 0.3) is 0 Å². The highest BCUT2D eigenvalue weighted by Gasteiger charge is 2.55. The zero-order valence-electron chi connectivity index (χ0n) is 10.3. The number of hydrogen-bond donors (Lipinski definition) is 1. The second kappa shape index (κ2) is 3.25. The van der Waals surface area contributed by atoms with E-state index in [1.165, 1.54) is 19.3 Å². The van der Waals surface area contributed by atoms with Gasteiger partial charge < -0.3 is 10.0 Å². The Morgan fingerprint density at radius 1 is 1.12 bits per heavy atom. The van der Waals surface area contributed by atoms with Crippen LogP contribution in [0.15, 0.2) is 0 Å². The van der Waals surface area contributed by atoms with Crippen LogP contribution in [-0.4, -0.2) is 34.6 Å². The standard InChI is InChI=1S/C14H21NO2/c16-13(12-6-9-1-2-10(12)5-9)15-7-14(17,8-15)11-3-4-11/h9-12,17H,1-8H2. The van der Waals surface area contributed by atoms with Gasteiger partial charge >= 0.3 is 0 Å². The Morgan fingerprint density at radius 3 is 2.41 bits per heavy atom. The lowest BCUT2D eigenvalue weighted by Gasteiger charge is -2.48. The first kappa shape index (κ1) is 10.4. The molecule has 4 rings (SSSR count). The summed E-state index contributed by atoms with van der Waals surface area (Å²) in [6.45, 7) is 1.23. The average Bonchev–Trinajstić information content (AvgIpc) is 2.93. The number of nitrogens with zero attached hydrogens (tertiary/aromatic N) is 1. The van der Waals surface area contributed by atoms with Crippen molar-refractivity contribution >= 4 is 5.91 Å². The molecule has 94 valence electrons. The number of aliphatic hydroxyl groups is 1. The van der Waals surface area contributed by atoms with Crippen LogP contribution in [0.25, 0.3) is 0 Å². The highest BCUT2D eigenvalue weighted by atomic mass is 16.3. The molecule has 17 heavy (non-hydrogen) atoms. The molecular weight excluding hydrogens is 214 g/mol. The molecule has 0 aromatic heterocycles. The number of carbonyl (C=O) groups is 1. The molecule has 1 saturated heterocycles. The number of carbonyl (C=O) groups excluding carboxylic acids is 1. The summed E-state index contributed by atoms with van der Waals surface area (Å²) in [7, 11) is 0. The highest BCUT2D eigenvalue weighted by molar-refractivity contribution is 5.81. The lowest BCUT2D eigenvalue weighted by Crippen LogP contribution is -2.65. The van der Waals surface area contributed by atoms with Gasteiger partial charge in [-0.3, -0.25) is 4.79 Å². The topological polar surface area (TPSA) is 40.5 Å². The molecular formula is C14H21NO2. The van der Waals surface area contributed by atoms with Crippen molar-refractivity contribution in [2.45, 2.75) is 44.1 Å². The predicted octanol–water partition coefficient (Wildman–Crippen LogP) is 1.41. The van der Waals surface area contributed by atoms with E-state index in [1.54, 1.807) is 0 Å². The molecule has 1 N–H and O–H groups in total. The monoisotopic (exact) mass is 235 g/mol. The SMILES string of the molecule is O=C(C1CC2CCC1C2)N1CC(O)(C2CC2)C1. The van der Waals surface area contributed by atoms with Gasteiger partial charge in [0.2, 0.25) is 5.91 Å². The van der Waals surface area contributed by atoms with E-state index >= 15 is 0 Å². The van der Waals surface area contributed by atoms with Crippen molar-refractivity contribution in [2.75, 3.05) is 13.1 Å². The average molecular weight is 235 g/mol. The Morgan fingerprint density at radius 2 is 1.88 bits per heavy atom. The summed E-state index contributed by atoms with van der Waals surface area (Å²) in [6.07, 6.45) is 7.35. The van der Waals surface area contributed by atoms with E-state index in [2.05, 4.69) is 0 Å². The van der Waals surface area contributed by atoms with E-state index < -0.39 is 5.60 Å². The molecule has 3 heteroatoms. The fraction of sp³-hybridized carbons (Fsp3) is 0.929. The minimum absolute atomic E-state index is 0.303. The van der Waals surface area contributed by atoms with Gasteiger partial charge in [-0.05, 0) is 49.9 Å². The Kier molecular flexibility index (Phi) is 1.98. The van der Waals surface area contributed by atoms with Gasteiger partial charge in [-0.1, -0.05) is 6.42 Å². The summed E-state index contributed by atoms with van der Waals surface area (Å²) in [6, 6.07) is 0. The van der Waals surface area contributed by atoms with Crippen LogP contribution < -0.4 is 0 Å². The van der Waals surface area contributed by atoms with Crippen LogP contribution in [0.2, 0.25) is 0 Å². The Bertz CT molecular complexity index is 357. The van der Waals surface area contributed by atoms with Crippen molar-refractivity contribution in [1.82, 2.24) is 4.90 Å². The summed E-state index contributed by atoms with van der Waals surface area (Å²) in [5, 5.41) is 10.2. The van der Waals surface area contributed by atoms with Gasteiger partial charge in [0.15, 0.2) is 0 Å². The van der Waals surface area contributed by atoms with Crippen molar-refractivity contribution in [3.63, 3.8) is 0 Å². The number of β-amino-alcohol motifs (C(OH)–C–C–N with tert-alkyl or cyclic N) is 1. The summed E-state index contributed by atoms with van der Waals surface area (Å²) < 4.78 is 0. The van der Waals surface area contributed by atoms with Crippen molar-refractivity contribution in [3.05, 3.63) is 0 Å². The molecule has 1 aliphatic heterocycles. The molecule has 1 heterocycles. The minimum Gasteiger partial charge on any atom is -0.386 e. The zero-order valence-corrected chi connectivity index (χ0v) is 10.3. The van der Waals surface area contributed by atoms with Crippen molar-refractivity contribution in [1.29, 1.82) is 0 Å². The van der Waals surface area contributed by atoms with Crippen molar-refractivity contribution in [3.8, 4) is 0 Å². The van der Waals surface area contributed by atoms with Crippen LogP contribution in [0.5, 0.6) is 0 Å². The molecule has 3 atom stereocenters. The summed E-state index contributed by atoms with van der Waals surface area (Å²) in [4.78, 5) is 14.3. The fourth-order valence-electron chi connectivity index (χ4n) is 4.43. The quantitative estimate of drug-likeness (QED) is 0.786. The van der Waals surface area contributed by atoms with Gasteiger partial charge in [0.05, 0.1) is 13.1 Å². The van der Waals surface area contributed by atoms with Gasteiger partial charge in [0, 0.05) is 5.92 Å². The minimum atomic E-state index is -0.507. The Hall–Kier alpha value is -0.570. The molecule has 0 aromatic rings. The maximum atomic E-state index is 12.4. The number of fused-ring (bicyclic) bond motifs is 2. The molecule has 0 radical (unpaired) electrons. The Balaban J connectivity index is 1.39. The fourth-order valence-corrected chi connectivity index (χ4v) is 4.43. The molecule has 4 aliphatic rings. The largest absolute Gasteiger partial charge is 0.386 e. The van der Waals surface area contributed by atoms with E-state index in [0.717, 1.165) is 25.2 Å².